The molecule has 0 atom stereocenters. The molecule has 0 aromatic carbocycles. The summed E-state index contributed by atoms with van der Waals surface area (Å²) in [5.74, 6) is -0.651. The van der Waals surface area contributed by atoms with Gasteiger partial charge in [0.25, 0.3) is 0 Å². The lowest BCUT2D eigenvalue weighted by molar-refractivity contribution is -0.135. The number of carbonyl (C=O) groups is 2. The molecule has 0 aliphatic heterocycles. The van der Waals surface area contributed by atoms with E-state index in [0.29, 0.717) is 6.42 Å². The van der Waals surface area contributed by atoms with Gasteiger partial charge in [0.15, 0.2) is 5.78 Å². The van der Waals surface area contributed by atoms with Gasteiger partial charge in [-0.2, -0.15) is 0 Å². The second-order valence-electron chi connectivity index (χ2n) is 1.69. The summed E-state index contributed by atoms with van der Waals surface area (Å²) in [6.07, 6.45) is 1.91. The molecule has 0 heterocycles. The minimum absolute atomic E-state index is 0.173. The minimum atomic E-state index is -0.340. The van der Waals surface area contributed by atoms with Gasteiger partial charge in [-0.3, -0.25) is 9.59 Å². The lowest BCUT2D eigenvalue weighted by atomic mass is 10.1. The van der Waals surface area contributed by atoms with Crippen LogP contribution in [0, 0.1) is 0 Å². The van der Waals surface area contributed by atoms with E-state index in [4.69, 9.17) is 0 Å². The van der Waals surface area contributed by atoms with Crippen molar-refractivity contribution >= 4 is 11.6 Å². The van der Waals surface area contributed by atoms with Crippen molar-refractivity contribution in [3.8, 4) is 0 Å². The Hall–Kier alpha value is -0.920. The highest BCUT2D eigenvalue weighted by Crippen LogP contribution is 1.89. The molecule has 2 nitrogen and oxygen atoms in total. The van der Waals surface area contributed by atoms with Gasteiger partial charge in [0, 0.05) is 12.8 Å². The highest BCUT2D eigenvalue weighted by molar-refractivity contribution is 6.37. The first kappa shape index (κ1) is 8.08. The normalized spacial score (nSPS) is 8.56. The third kappa shape index (κ3) is 2.80. The summed E-state index contributed by atoms with van der Waals surface area (Å²) < 4.78 is 0. The Labute approximate surface area is 54.6 Å². The molecule has 0 N–H and O–H groups in total. The molecule has 0 saturated carbocycles. The SMILES string of the molecule is C=CCC(=O)C(=O)CC. The zero-order valence-electron chi connectivity index (χ0n) is 5.52. The maximum atomic E-state index is 10.6. The Bertz CT molecular complexity index is 136. The van der Waals surface area contributed by atoms with E-state index in [-0.39, 0.29) is 18.0 Å². The third-order valence-corrected chi connectivity index (χ3v) is 0.962. The topological polar surface area (TPSA) is 34.1 Å². The van der Waals surface area contributed by atoms with Crippen molar-refractivity contribution in [1.29, 1.82) is 0 Å². The van der Waals surface area contributed by atoms with Crippen molar-refractivity contribution in [2.75, 3.05) is 0 Å². The smallest absolute Gasteiger partial charge is 0.202 e. The van der Waals surface area contributed by atoms with Crippen LogP contribution in [-0.2, 0) is 9.59 Å². The van der Waals surface area contributed by atoms with Gasteiger partial charge in [-0.25, -0.2) is 0 Å². The van der Waals surface area contributed by atoms with Crippen molar-refractivity contribution in [3.05, 3.63) is 12.7 Å². The quantitative estimate of drug-likeness (QED) is 0.417. The summed E-state index contributed by atoms with van der Waals surface area (Å²) in [6, 6.07) is 0. The molecule has 0 rings (SSSR count). The highest BCUT2D eigenvalue weighted by atomic mass is 16.2. The monoisotopic (exact) mass is 126 g/mol. The minimum Gasteiger partial charge on any atom is -0.291 e. The molecule has 0 aromatic rings. The van der Waals surface area contributed by atoms with Gasteiger partial charge in [-0.1, -0.05) is 13.0 Å². The third-order valence-electron chi connectivity index (χ3n) is 0.962. The summed E-state index contributed by atoms with van der Waals surface area (Å²) in [5.41, 5.74) is 0. The van der Waals surface area contributed by atoms with Crippen LogP contribution >= 0.6 is 0 Å². The molecule has 0 aliphatic rings. The standard InChI is InChI=1S/C7H10O2/c1-3-5-7(9)6(8)4-2/h3H,1,4-5H2,2H3. The zero-order chi connectivity index (χ0) is 7.28. The van der Waals surface area contributed by atoms with Gasteiger partial charge in [0.1, 0.15) is 0 Å². The van der Waals surface area contributed by atoms with Crippen LogP contribution in [0.1, 0.15) is 19.8 Å². The van der Waals surface area contributed by atoms with Gasteiger partial charge < -0.3 is 0 Å². The number of allylic oxidation sites excluding steroid dienone is 1. The van der Waals surface area contributed by atoms with Crippen LogP contribution in [-0.4, -0.2) is 11.6 Å². The molecular weight excluding hydrogens is 116 g/mol. The average molecular weight is 126 g/mol. The summed E-state index contributed by atoms with van der Waals surface area (Å²) >= 11 is 0. The van der Waals surface area contributed by atoms with E-state index in [1.807, 2.05) is 0 Å². The molecule has 0 amide bonds. The molecule has 9 heavy (non-hydrogen) atoms. The zero-order valence-corrected chi connectivity index (χ0v) is 5.52. The Morgan fingerprint density at radius 1 is 1.44 bits per heavy atom. The fourth-order valence-electron chi connectivity index (χ4n) is 0.442. The molecule has 0 radical (unpaired) electrons. The van der Waals surface area contributed by atoms with Crippen LogP contribution < -0.4 is 0 Å². The van der Waals surface area contributed by atoms with Crippen LogP contribution in [0.4, 0.5) is 0 Å². The number of carbonyl (C=O) groups excluding carboxylic acids is 2. The van der Waals surface area contributed by atoms with Crippen molar-refractivity contribution in [2.24, 2.45) is 0 Å². The molecule has 0 aromatic heterocycles. The predicted octanol–water partition coefficient (Wildman–Crippen LogP) is 1.11. The Balaban J connectivity index is 3.73. The van der Waals surface area contributed by atoms with E-state index < -0.39 is 0 Å². The largest absolute Gasteiger partial charge is 0.291 e. The first-order valence-electron chi connectivity index (χ1n) is 2.89. The first-order chi connectivity index (χ1) is 4.22. The van der Waals surface area contributed by atoms with Gasteiger partial charge in [0.05, 0.1) is 0 Å². The van der Waals surface area contributed by atoms with Crippen LogP contribution in [0.2, 0.25) is 0 Å². The molecule has 0 fully saturated rings. The molecule has 0 saturated heterocycles. The molecule has 0 bridgehead atoms. The Morgan fingerprint density at radius 3 is 2.33 bits per heavy atom. The van der Waals surface area contributed by atoms with Gasteiger partial charge in [0.2, 0.25) is 5.78 Å². The summed E-state index contributed by atoms with van der Waals surface area (Å²) in [6.45, 7) is 5.01. The van der Waals surface area contributed by atoms with Crippen molar-refractivity contribution in [3.63, 3.8) is 0 Å². The predicted molar refractivity (Wildman–Crippen MR) is 35.1 cm³/mol. The molecule has 0 aliphatic carbocycles. The van der Waals surface area contributed by atoms with E-state index in [2.05, 4.69) is 6.58 Å². The van der Waals surface area contributed by atoms with Gasteiger partial charge in [-0.05, 0) is 0 Å². The van der Waals surface area contributed by atoms with Crippen LogP contribution in [0.5, 0.6) is 0 Å². The molecule has 0 spiro atoms. The highest BCUT2D eigenvalue weighted by Gasteiger charge is 2.06. The van der Waals surface area contributed by atoms with Crippen LogP contribution in [0.25, 0.3) is 0 Å². The number of ketones is 2. The van der Waals surface area contributed by atoms with Crippen molar-refractivity contribution in [2.45, 2.75) is 19.8 Å². The second kappa shape index (κ2) is 4.01. The summed E-state index contributed by atoms with van der Waals surface area (Å²) in [7, 11) is 0. The average Bonchev–Trinajstić information content (AvgIpc) is 1.87. The Kier molecular flexibility index (Phi) is 3.60. The lowest BCUT2D eigenvalue weighted by Gasteiger charge is -1.88. The van der Waals surface area contributed by atoms with Crippen molar-refractivity contribution in [1.82, 2.24) is 0 Å². The van der Waals surface area contributed by atoms with E-state index in [1.54, 1.807) is 6.92 Å². The van der Waals surface area contributed by atoms with Gasteiger partial charge in [-0.15, -0.1) is 6.58 Å². The lowest BCUT2D eigenvalue weighted by Crippen LogP contribution is -2.10. The van der Waals surface area contributed by atoms with E-state index >= 15 is 0 Å². The maximum absolute atomic E-state index is 10.6. The fraction of sp³-hybridized carbons (Fsp3) is 0.429. The van der Waals surface area contributed by atoms with Crippen LogP contribution in [0.3, 0.4) is 0 Å². The van der Waals surface area contributed by atoms with Gasteiger partial charge >= 0.3 is 0 Å². The van der Waals surface area contributed by atoms with E-state index in [1.165, 1.54) is 6.08 Å². The summed E-state index contributed by atoms with van der Waals surface area (Å²) in [5, 5.41) is 0. The van der Waals surface area contributed by atoms with E-state index in [9.17, 15) is 9.59 Å². The Morgan fingerprint density at radius 2 is 2.00 bits per heavy atom. The molecule has 0 unspecified atom stereocenters. The maximum Gasteiger partial charge on any atom is 0.202 e. The molecular formula is C7H10O2. The fourth-order valence-corrected chi connectivity index (χ4v) is 0.442. The number of Topliss-reactive ketones (excluding diaryl/α,β-unsaturated/α-hetero) is 2. The number of rotatable bonds is 4. The van der Waals surface area contributed by atoms with Crippen molar-refractivity contribution < 1.29 is 9.59 Å². The van der Waals surface area contributed by atoms with E-state index in [0.717, 1.165) is 0 Å². The number of hydrogen-bond donors (Lipinski definition) is 0. The first-order valence-corrected chi connectivity index (χ1v) is 2.89. The number of hydrogen-bond acceptors (Lipinski definition) is 2. The molecule has 2 heteroatoms. The molecule has 50 valence electrons. The second-order valence-corrected chi connectivity index (χ2v) is 1.69. The van der Waals surface area contributed by atoms with Crippen LogP contribution in [0.15, 0.2) is 12.7 Å². The summed E-state index contributed by atoms with van der Waals surface area (Å²) in [4.78, 5) is 21.1.